The molecule has 0 saturated heterocycles. The Morgan fingerprint density at radius 3 is 2.62 bits per heavy atom. The second-order valence-corrected chi connectivity index (χ2v) is 5.42. The van der Waals surface area contributed by atoms with Crippen molar-refractivity contribution in [2.45, 2.75) is 45.2 Å². The summed E-state index contributed by atoms with van der Waals surface area (Å²) >= 11 is 0. The highest BCUT2D eigenvalue weighted by Crippen LogP contribution is 2.29. The van der Waals surface area contributed by atoms with E-state index in [2.05, 4.69) is 17.4 Å². The Balaban J connectivity index is 1.85. The van der Waals surface area contributed by atoms with Crippen molar-refractivity contribution in [1.82, 2.24) is 5.32 Å². The number of ether oxygens (including phenoxy) is 3. The molecule has 0 radical (unpaired) electrons. The summed E-state index contributed by atoms with van der Waals surface area (Å²) in [6, 6.07) is 6.94. The van der Waals surface area contributed by atoms with E-state index in [-0.39, 0.29) is 0 Å². The van der Waals surface area contributed by atoms with Gasteiger partial charge in [-0.15, -0.1) is 0 Å². The van der Waals surface area contributed by atoms with Crippen LogP contribution < -0.4 is 14.8 Å². The highest BCUT2D eigenvalue weighted by atomic mass is 16.5. The van der Waals surface area contributed by atoms with Crippen molar-refractivity contribution in [3.63, 3.8) is 0 Å². The standard InChI is InChI=1S/C17H27NO3/c1-3-20-17-12-14(13-18-15-7-8-15)6-9-16(17)21-11-5-4-10-19-2/h6,9,12,15,18H,3-5,7-8,10-11,13H2,1-2H3. The maximum absolute atomic E-state index is 5.83. The smallest absolute Gasteiger partial charge is 0.161 e. The first-order valence-electron chi connectivity index (χ1n) is 7.94. The van der Waals surface area contributed by atoms with Crippen LogP contribution in [0.5, 0.6) is 11.5 Å². The van der Waals surface area contributed by atoms with Crippen LogP contribution in [0.2, 0.25) is 0 Å². The van der Waals surface area contributed by atoms with Gasteiger partial charge in [0.1, 0.15) is 0 Å². The van der Waals surface area contributed by atoms with Crippen molar-refractivity contribution in [3.8, 4) is 11.5 Å². The van der Waals surface area contributed by atoms with Crippen LogP contribution in [0.4, 0.5) is 0 Å². The number of methoxy groups -OCH3 is 1. The monoisotopic (exact) mass is 293 g/mol. The molecule has 21 heavy (non-hydrogen) atoms. The summed E-state index contributed by atoms with van der Waals surface area (Å²) in [5.74, 6) is 1.68. The fourth-order valence-electron chi connectivity index (χ4n) is 2.13. The van der Waals surface area contributed by atoms with E-state index in [0.29, 0.717) is 13.2 Å². The molecular formula is C17H27NO3. The van der Waals surface area contributed by atoms with Crippen LogP contribution in [0.15, 0.2) is 18.2 Å². The lowest BCUT2D eigenvalue weighted by molar-refractivity contribution is 0.183. The summed E-state index contributed by atoms with van der Waals surface area (Å²) in [7, 11) is 1.72. The minimum atomic E-state index is 0.652. The molecule has 2 rings (SSSR count). The summed E-state index contributed by atoms with van der Waals surface area (Å²) < 4.78 is 16.6. The predicted octanol–water partition coefficient (Wildman–Crippen LogP) is 3.14. The van der Waals surface area contributed by atoms with E-state index in [9.17, 15) is 0 Å². The van der Waals surface area contributed by atoms with Crippen molar-refractivity contribution < 1.29 is 14.2 Å². The summed E-state index contributed by atoms with van der Waals surface area (Å²) in [4.78, 5) is 0. The lowest BCUT2D eigenvalue weighted by atomic mass is 10.2. The van der Waals surface area contributed by atoms with Crippen LogP contribution in [0.1, 0.15) is 38.2 Å². The molecule has 1 aromatic rings. The molecular weight excluding hydrogens is 266 g/mol. The Labute approximate surface area is 127 Å². The van der Waals surface area contributed by atoms with Gasteiger partial charge in [-0.1, -0.05) is 6.07 Å². The highest BCUT2D eigenvalue weighted by Gasteiger charge is 2.20. The van der Waals surface area contributed by atoms with Crippen LogP contribution in [0, 0.1) is 0 Å². The highest BCUT2D eigenvalue weighted by molar-refractivity contribution is 5.43. The minimum absolute atomic E-state index is 0.652. The molecule has 4 nitrogen and oxygen atoms in total. The molecule has 0 aromatic heterocycles. The molecule has 4 heteroatoms. The molecule has 0 unspecified atom stereocenters. The zero-order valence-electron chi connectivity index (χ0n) is 13.2. The van der Waals surface area contributed by atoms with Gasteiger partial charge in [0.2, 0.25) is 0 Å². The average Bonchev–Trinajstić information content (AvgIpc) is 3.31. The van der Waals surface area contributed by atoms with Crippen molar-refractivity contribution in [3.05, 3.63) is 23.8 Å². The SMILES string of the molecule is CCOc1cc(CNC2CC2)ccc1OCCCCOC. The average molecular weight is 293 g/mol. The van der Waals surface area contributed by atoms with Gasteiger partial charge in [0.25, 0.3) is 0 Å². The van der Waals surface area contributed by atoms with Gasteiger partial charge in [-0.3, -0.25) is 0 Å². The Bertz CT molecular complexity index is 418. The minimum Gasteiger partial charge on any atom is -0.490 e. The topological polar surface area (TPSA) is 39.7 Å². The normalized spacial score (nSPS) is 14.2. The summed E-state index contributed by atoms with van der Waals surface area (Å²) in [6.07, 6.45) is 4.62. The molecule has 0 spiro atoms. The lowest BCUT2D eigenvalue weighted by Gasteiger charge is -2.13. The maximum atomic E-state index is 5.83. The van der Waals surface area contributed by atoms with Gasteiger partial charge < -0.3 is 19.5 Å². The summed E-state index contributed by atoms with van der Waals surface area (Å²) in [5.41, 5.74) is 1.25. The third-order valence-corrected chi connectivity index (χ3v) is 3.48. The molecule has 0 amide bonds. The molecule has 1 saturated carbocycles. The van der Waals surface area contributed by atoms with Crippen LogP contribution in [0.25, 0.3) is 0 Å². The lowest BCUT2D eigenvalue weighted by Crippen LogP contribution is -2.15. The molecule has 0 aliphatic heterocycles. The third kappa shape index (κ3) is 5.94. The molecule has 1 aliphatic rings. The van der Waals surface area contributed by atoms with E-state index in [1.54, 1.807) is 7.11 Å². The molecule has 0 bridgehead atoms. The zero-order chi connectivity index (χ0) is 14.9. The number of unbranched alkanes of at least 4 members (excludes halogenated alkanes) is 1. The third-order valence-electron chi connectivity index (χ3n) is 3.48. The van der Waals surface area contributed by atoms with Crippen molar-refractivity contribution in [1.29, 1.82) is 0 Å². The predicted molar refractivity (Wildman–Crippen MR) is 84.1 cm³/mol. The molecule has 1 aromatic carbocycles. The number of hydrogen-bond donors (Lipinski definition) is 1. The van der Waals surface area contributed by atoms with Gasteiger partial charge in [0.05, 0.1) is 13.2 Å². The second kappa shape index (κ2) is 8.90. The van der Waals surface area contributed by atoms with E-state index in [1.165, 1.54) is 18.4 Å². The fraction of sp³-hybridized carbons (Fsp3) is 0.647. The summed E-state index contributed by atoms with van der Waals surface area (Å²) in [6.45, 7) is 5.03. The fourth-order valence-corrected chi connectivity index (χ4v) is 2.13. The van der Waals surface area contributed by atoms with E-state index in [1.807, 2.05) is 13.0 Å². The zero-order valence-corrected chi connectivity index (χ0v) is 13.2. The van der Waals surface area contributed by atoms with Gasteiger partial charge in [-0.05, 0) is 50.3 Å². The van der Waals surface area contributed by atoms with Crippen molar-refractivity contribution in [2.75, 3.05) is 26.9 Å². The Morgan fingerprint density at radius 2 is 1.90 bits per heavy atom. The molecule has 1 N–H and O–H groups in total. The molecule has 1 fully saturated rings. The first-order valence-corrected chi connectivity index (χ1v) is 7.94. The molecule has 0 atom stereocenters. The van der Waals surface area contributed by atoms with Crippen LogP contribution in [-0.4, -0.2) is 33.0 Å². The largest absolute Gasteiger partial charge is 0.490 e. The maximum Gasteiger partial charge on any atom is 0.161 e. The van der Waals surface area contributed by atoms with Crippen molar-refractivity contribution in [2.24, 2.45) is 0 Å². The Morgan fingerprint density at radius 1 is 1.10 bits per heavy atom. The number of hydrogen-bond acceptors (Lipinski definition) is 4. The molecule has 1 aliphatic carbocycles. The van der Waals surface area contributed by atoms with Crippen LogP contribution >= 0.6 is 0 Å². The summed E-state index contributed by atoms with van der Waals surface area (Å²) in [5, 5.41) is 3.52. The Hall–Kier alpha value is -1.26. The number of rotatable bonds is 11. The van der Waals surface area contributed by atoms with E-state index < -0.39 is 0 Å². The quantitative estimate of drug-likeness (QED) is 0.636. The Kier molecular flexibility index (Phi) is 6.83. The van der Waals surface area contributed by atoms with E-state index in [0.717, 1.165) is 43.5 Å². The molecule has 0 heterocycles. The first kappa shape index (κ1) is 16.1. The van der Waals surface area contributed by atoms with Crippen molar-refractivity contribution >= 4 is 0 Å². The first-order chi connectivity index (χ1) is 10.3. The van der Waals surface area contributed by atoms with Gasteiger partial charge in [-0.2, -0.15) is 0 Å². The second-order valence-electron chi connectivity index (χ2n) is 5.42. The molecule has 118 valence electrons. The number of benzene rings is 1. The van der Waals surface area contributed by atoms with Gasteiger partial charge in [0.15, 0.2) is 11.5 Å². The number of nitrogens with one attached hydrogen (secondary N) is 1. The van der Waals surface area contributed by atoms with E-state index in [4.69, 9.17) is 14.2 Å². The van der Waals surface area contributed by atoms with Gasteiger partial charge in [-0.25, -0.2) is 0 Å². The van der Waals surface area contributed by atoms with Gasteiger partial charge in [0, 0.05) is 26.3 Å². The van der Waals surface area contributed by atoms with E-state index >= 15 is 0 Å². The van der Waals surface area contributed by atoms with Gasteiger partial charge >= 0.3 is 0 Å². The van der Waals surface area contributed by atoms with Crippen LogP contribution in [-0.2, 0) is 11.3 Å². The van der Waals surface area contributed by atoms with Crippen LogP contribution in [0.3, 0.4) is 0 Å².